The van der Waals surface area contributed by atoms with Crippen molar-refractivity contribution in [2.75, 3.05) is 18.0 Å². The van der Waals surface area contributed by atoms with Crippen LogP contribution in [0.4, 0.5) is 10.7 Å². The van der Waals surface area contributed by atoms with E-state index in [0.717, 1.165) is 12.0 Å². The minimum atomic E-state index is -1.02. The Hall–Kier alpha value is -2.18. The molecule has 1 N–H and O–H groups in total. The number of aromatic nitrogens is 2. The van der Waals surface area contributed by atoms with E-state index in [4.69, 9.17) is 5.11 Å². The van der Waals surface area contributed by atoms with Crippen LogP contribution in [0.5, 0.6) is 0 Å². The summed E-state index contributed by atoms with van der Waals surface area (Å²) in [6.07, 6.45) is 4.22. The van der Waals surface area contributed by atoms with Gasteiger partial charge in [-0.1, -0.05) is 20.8 Å². The highest BCUT2D eigenvalue weighted by Crippen LogP contribution is 2.24. The number of nitrogens with zero attached hydrogens (tertiary/aromatic N) is 4. The molecule has 0 bridgehead atoms. The van der Waals surface area contributed by atoms with Crippen LogP contribution in [-0.2, 0) is 11.2 Å². The number of aliphatic carboxylic acids is 1. The topological polar surface area (TPSA) is 86.6 Å². The van der Waals surface area contributed by atoms with Crippen molar-refractivity contribution in [2.45, 2.75) is 33.2 Å². The predicted molar refractivity (Wildman–Crippen MR) is 77.1 cm³/mol. The zero-order valence-corrected chi connectivity index (χ0v) is 12.5. The smallest absolute Gasteiger partial charge is 0.327 e. The highest BCUT2D eigenvalue weighted by Gasteiger charge is 2.41. The molecule has 1 aliphatic rings. The molecular formula is C14H20N4O3. The summed E-state index contributed by atoms with van der Waals surface area (Å²) in [5.74, 6) is -0.526. The van der Waals surface area contributed by atoms with Gasteiger partial charge in [0.15, 0.2) is 0 Å². The highest BCUT2D eigenvalue weighted by atomic mass is 16.4. The zero-order valence-electron chi connectivity index (χ0n) is 12.5. The molecule has 1 aromatic rings. The van der Waals surface area contributed by atoms with Gasteiger partial charge in [0.2, 0.25) is 5.95 Å². The van der Waals surface area contributed by atoms with Crippen molar-refractivity contribution in [3.63, 3.8) is 0 Å². The van der Waals surface area contributed by atoms with Crippen LogP contribution < -0.4 is 4.90 Å². The van der Waals surface area contributed by atoms with Crippen LogP contribution in [0.15, 0.2) is 12.4 Å². The average molecular weight is 292 g/mol. The molecule has 1 fully saturated rings. The van der Waals surface area contributed by atoms with Crippen molar-refractivity contribution >= 4 is 17.9 Å². The average Bonchev–Trinajstić information content (AvgIpc) is 2.76. The van der Waals surface area contributed by atoms with E-state index in [9.17, 15) is 9.59 Å². The van der Waals surface area contributed by atoms with Crippen molar-refractivity contribution < 1.29 is 14.7 Å². The summed E-state index contributed by atoms with van der Waals surface area (Å²) in [5.41, 5.74) is 0.994. The van der Waals surface area contributed by atoms with E-state index in [0.29, 0.717) is 12.5 Å². The molecule has 0 saturated carbocycles. The molecule has 1 saturated heterocycles. The number of carbonyl (C=O) groups excluding carboxylic acids is 1. The monoisotopic (exact) mass is 292 g/mol. The van der Waals surface area contributed by atoms with Crippen LogP contribution in [0.25, 0.3) is 0 Å². The van der Waals surface area contributed by atoms with Crippen LogP contribution in [0.2, 0.25) is 0 Å². The summed E-state index contributed by atoms with van der Waals surface area (Å²) in [6, 6.07) is -0.497. The summed E-state index contributed by atoms with van der Waals surface area (Å²) in [7, 11) is 0. The van der Waals surface area contributed by atoms with Gasteiger partial charge in [0.1, 0.15) is 6.54 Å². The standard InChI is InChI=1S/C14H20N4O3/c1-4-10-5-15-13(16-6-10)18-7-11(9(2)3)17(14(18)21)8-12(19)20/h5-6,9,11H,4,7-8H2,1-3H3,(H,19,20)/t11-/m1/s1. The Morgan fingerprint density at radius 1 is 1.43 bits per heavy atom. The van der Waals surface area contributed by atoms with Gasteiger partial charge in [-0.05, 0) is 17.9 Å². The van der Waals surface area contributed by atoms with Gasteiger partial charge < -0.3 is 10.0 Å². The Bertz CT molecular complexity index is 530. The molecule has 1 atom stereocenters. The third-order valence-corrected chi connectivity index (χ3v) is 3.66. The maximum absolute atomic E-state index is 12.4. The number of carboxylic acid groups (broad SMARTS) is 1. The van der Waals surface area contributed by atoms with Gasteiger partial charge in [0.05, 0.1) is 12.6 Å². The van der Waals surface area contributed by atoms with Crippen LogP contribution in [-0.4, -0.2) is 51.1 Å². The fourth-order valence-corrected chi connectivity index (χ4v) is 2.40. The van der Waals surface area contributed by atoms with E-state index in [1.54, 1.807) is 12.4 Å². The number of amides is 2. The molecule has 0 aliphatic carbocycles. The molecule has 1 aliphatic heterocycles. The van der Waals surface area contributed by atoms with Crippen molar-refractivity contribution in [3.8, 4) is 0 Å². The van der Waals surface area contributed by atoms with E-state index in [1.165, 1.54) is 9.80 Å². The number of carbonyl (C=O) groups is 2. The minimum Gasteiger partial charge on any atom is -0.480 e. The third-order valence-electron chi connectivity index (χ3n) is 3.66. The van der Waals surface area contributed by atoms with Gasteiger partial charge in [-0.2, -0.15) is 0 Å². The Morgan fingerprint density at radius 2 is 2.05 bits per heavy atom. The van der Waals surface area contributed by atoms with Crippen LogP contribution in [0, 0.1) is 5.92 Å². The summed E-state index contributed by atoms with van der Waals surface area (Å²) in [4.78, 5) is 34.6. The Kier molecular flexibility index (Phi) is 4.40. The van der Waals surface area contributed by atoms with Crippen LogP contribution in [0.1, 0.15) is 26.3 Å². The number of rotatable bonds is 5. The maximum atomic E-state index is 12.4. The quantitative estimate of drug-likeness (QED) is 0.886. The first-order chi connectivity index (χ1) is 9.93. The van der Waals surface area contributed by atoms with Crippen LogP contribution >= 0.6 is 0 Å². The number of urea groups is 1. The summed E-state index contributed by atoms with van der Waals surface area (Å²) in [5, 5.41) is 8.97. The molecular weight excluding hydrogens is 272 g/mol. The number of aryl methyl sites for hydroxylation is 1. The number of hydrogen-bond donors (Lipinski definition) is 1. The first-order valence-corrected chi connectivity index (χ1v) is 7.04. The molecule has 2 amide bonds. The van der Waals surface area contributed by atoms with E-state index in [1.807, 2.05) is 20.8 Å². The molecule has 1 aromatic heterocycles. The lowest BCUT2D eigenvalue weighted by atomic mass is 10.0. The summed E-state index contributed by atoms with van der Waals surface area (Å²) in [6.45, 7) is 6.05. The normalized spacial score (nSPS) is 18.7. The van der Waals surface area contributed by atoms with Gasteiger partial charge in [0, 0.05) is 12.4 Å². The lowest BCUT2D eigenvalue weighted by Crippen LogP contribution is -2.41. The highest BCUT2D eigenvalue weighted by molar-refractivity contribution is 5.94. The minimum absolute atomic E-state index is 0.150. The second-order valence-electron chi connectivity index (χ2n) is 5.47. The van der Waals surface area contributed by atoms with Gasteiger partial charge in [-0.25, -0.2) is 14.8 Å². The fourth-order valence-electron chi connectivity index (χ4n) is 2.40. The van der Waals surface area contributed by atoms with Gasteiger partial charge in [-0.15, -0.1) is 0 Å². The SMILES string of the molecule is CCc1cnc(N2C[C@H](C(C)C)N(CC(=O)O)C2=O)nc1. The fraction of sp³-hybridized carbons (Fsp3) is 0.571. The van der Waals surface area contributed by atoms with E-state index in [-0.39, 0.29) is 24.5 Å². The van der Waals surface area contributed by atoms with E-state index in [2.05, 4.69) is 9.97 Å². The molecule has 0 aromatic carbocycles. The lowest BCUT2D eigenvalue weighted by Gasteiger charge is -2.23. The molecule has 7 nitrogen and oxygen atoms in total. The molecule has 0 radical (unpaired) electrons. The Morgan fingerprint density at radius 3 is 2.52 bits per heavy atom. The van der Waals surface area contributed by atoms with Gasteiger partial charge in [0.25, 0.3) is 0 Å². The Labute approximate surface area is 123 Å². The molecule has 2 rings (SSSR count). The predicted octanol–water partition coefficient (Wildman–Crippen LogP) is 1.39. The van der Waals surface area contributed by atoms with Crippen molar-refractivity contribution in [2.24, 2.45) is 5.92 Å². The van der Waals surface area contributed by atoms with Crippen molar-refractivity contribution in [3.05, 3.63) is 18.0 Å². The number of hydrogen-bond acceptors (Lipinski definition) is 4. The molecule has 0 spiro atoms. The Balaban J connectivity index is 2.24. The largest absolute Gasteiger partial charge is 0.480 e. The first-order valence-electron chi connectivity index (χ1n) is 7.04. The lowest BCUT2D eigenvalue weighted by molar-refractivity contribution is -0.138. The third kappa shape index (κ3) is 3.12. The van der Waals surface area contributed by atoms with Crippen LogP contribution in [0.3, 0.4) is 0 Å². The van der Waals surface area contributed by atoms with E-state index < -0.39 is 5.97 Å². The van der Waals surface area contributed by atoms with E-state index >= 15 is 0 Å². The second-order valence-corrected chi connectivity index (χ2v) is 5.47. The number of anilines is 1. The summed E-state index contributed by atoms with van der Waals surface area (Å²) < 4.78 is 0. The molecule has 21 heavy (non-hydrogen) atoms. The van der Waals surface area contributed by atoms with Gasteiger partial charge >= 0.3 is 12.0 Å². The number of carboxylic acids is 1. The van der Waals surface area contributed by atoms with Crippen molar-refractivity contribution in [1.29, 1.82) is 0 Å². The van der Waals surface area contributed by atoms with Crippen molar-refractivity contribution in [1.82, 2.24) is 14.9 Å². The maximum Gasteiger partial charge on any atom is 0.327 e. The molecule has 2 heterocycles. The molecule has 0 unspecified atom stereocenters. The van der Waals surface area contributed by atoms with Gasteiger partial charge in [-0.3, -0.25) is 9.69 Å². The molecule has 7 heteroatoms. The zero-order chi connectivity index (χ0) is 15.6. The molecule has 114 valence electrons. The second kappa shape index (κ2) is 6.07. The summed E-state index contributed by atoms with van der Waals surface area (Å²) >= 11 is 0. The first kappa shape index (κ1) is 15.2.